The molecule has 1 saturated heterocycles. The van der Waals surface area contributed by atoms with Crippen LogP contribution < -0.4 is 4.74 Å². The van der Waals surface area contributed by atoms with Gasteiger partial charge in [-0.1, -0.05) is 12.1 Å². The van der Waals surface area contributed by atoms with Gasteiger partial charge in [0.05, 0.1) is 24.6 Å². The van der Waals surface area contributed by atoms with E-state index in [1.165, 1.54) is 6.20 Å². The number of methoxy groups -OCH3 is 1. The number of likely N-dealkylation sites (tertiary alicyclic amines) is 1. The highest BCUT2D eigenvalue weighted by atomic mass is 16.5. The summed E-state index contributed by atoms with van der Waals surface area (Å²) in [6, 6.07) is 11.1. The van der Waals surface area contributed by atoms with E-state index in [1.807, 2.05) is 24.3 Å². The van der Waals surface area contributed by atoms with E-state index in [4.69, 9.17) is 4.74 Å². The molecule has 0 spiro atoms. The van der Waals surface area contributed by atoms with Gasteiger partial charge in [0.25, 0.3) is 0 Å². The molecular weight excluding hydrogens is 356 g/mol. The predicted octanol–water partition coefficient (Wildman–Crippen LogP) is 2.14. The molecule has 0 bridgehead atoms. The summed E-state index contributed by atoms with van der Waals surface area (Å²) in [7, 11) is 1.65. The van der Waals surface area contributed by atoms with E-state index in [-0.39, 0.29) is 5.75 Å². The van der Waals surface area contributed by atoms with Crippen LogP contribution in [-0.4, -0.2) is 57.5 Å². The number of fused-ring (bicyclic) bond motifs is 1. The minimum atomic E-state index is -0.669. The summed E-state index contributed by atoms with van der Waals surface area (Å²) in [5, 5.41) is 30.9. The Morgan fingerprint density at radius 1 is 1.14 bits per heavy atom. The van der Waals surface area contributed by atoms with Crippen molar-refractivity contribution in [3.63, 3.8) is 0 Å². The maximum Gasteiger partial charge on any atom is 0.133 e. The smallest absolute Gasteiger partial charge is 0.133 e. The van der Waals surface area contributed by atoms with Crippen LogP contribution in [0.1, 0.15) is 30.2 Å². The number of hydrogen-bond donors (Lipinski definition) is 3. The molecule has 0 radical (unpaired) electrons. The summed E-state index contributed by atoms with van der Waals surface area (Å²) in [5.41, 5.74) is 1.06. The van der Waals surface area contributed by atoms with Gasteiger partial charge in [0.2, 0.25) is 0 Å². The fraction of sp³-hybridized carbons (Fsp3) is 0.500. The minimum Gasteiger partial charge on any atom is -0.506 e. The first-order valence-corrected chi connectivity index (χ1v) is 9.85. The second-order valence-electron chi connectivity index (χ2n) is 8.35. The molecular formula is C22H28N2O4. The van der Waals surface area contributed by atoms with Gasteiger partial charge >= 0.3 is 0 Å². The Morgan fingerprint density at radius 3 is 2.39 bits per heavy atom. The quantitative estimate of drug-likeness (QED) is 0.708. The molecule has 1 aromatic heterocycles. The average Bonchev–Trinajstić information content (AvgIpc) is 3.16. The number of aromatic hydroxyl groups is 1. The van der Waals surface area contributed by atoms with E-state index < -0.39 is 11.7 Å². The number of aliphatic hydroxyl groups is 2. The van der Waals surface area contributed by atoms with Crippen molar-refractivity contribution in [2.24, 2.45) is 11.8 Å². The van der Waals surface area contributed by atoms with Crippen molar-refractivity contribution in [1.29, 1.82) is 0 Å². The predicted molar refractivity (Wildman–Crippen MR) is 105 cm³/mol. The molecule has 28 heavy (non-hydrogen) atoms. The number of nitrogens with zero attached hydrogens (tertiary/aromatic N) is 2. The van der Waals surface area contributed by atoms with Gasteiger partial charge in [-0.05, 0) is 54.5 Å². The average molecular weight is 384 g/mol. The highest BCUT2D eigenvalue weighted by Crippen LogP contribution is 2.45. The lowest BCUT2D eigenvalue weighted by molar-refractivity contribution is 0.0327. The number of rotatable bonds is 6. The zero-order valence-electron chi connectivity index (χ0n) is 16.2. The van der Waals surface area contributed by atoms with Gasteiger partial charge in [-0.25, -0.2) is 0 Å². The molecule has 0 amide bonds. The Kier molecular flexibility index (Phi) is 5.27. The maximum absolute atomic E-state index is 11.1. The monoisotopic (exact) mass is 384 g/mol. The maximum atomic E-state index is 11.1. The van der Waals surface area contributed by atoms with Crippen molar-refractivity contribution < 1.29 is 20.1 Å². The number of pyridine rings is 1. The van der Waals surface area contributed by atoms with Gasteiger partial charge in [-0.15, -0.1) is 0 Å². The second-order valence-corrected chi connectivity index (χ2v) is 8.35. The van der Waals surface area contributed by atoms with Crippen molar-refractivity contribution >= 4 is 0 Å². The lowest BCUT2D eigenvalue weighted by atomic mass is 9.91. The van der Waals surface area contributed by atoms with E-state index in [1.54, 1.807) is 19.2 Å². The first-order valence-electron chi connectivity index (χ1n) is 9.85. The molecule has 2 heterocycles. The Hall–Kier alpha value is -2.15. The summed E-state index contributed by atoms with van der Waals surface area (Å²) in [4.78, 5) is 6.36. The molecule has 150 valence electrons. The van der Waals surface area contributed by atoms with E-state index in [0.717, 1.165) is 37.2 Å². The van der Waals surface area contributed by atoms with Gasteiger partial charge in [0.15, 0.2) is 0 Å². The molecule has 1 aromatic carbocycles. The third-order valence-corrected chi connectivity index (χ3v) is 6.17. The Morgan fingerprint density at radius 2 is 1.82 bits per heavy atom. The van der Waals surface area contributed by atoms with Crippen molar-refractivity contribution in [2.75, 3.05) is 26.7 Å². The molecule has 1 aliphatic heterocycles. The molecule has 1 aliphatic carbocycles. The molecule has 1 saturated carbocycles. The fourth-order valence-electron chi connectivity index (χ4n) is 4.91. The van der Waals surface area contributed by atoms with Crippen LogP contribution in [0.4, 0.5) is 0 Å². The number of ether oxygens (including phenoxy) is 1. The van der Waals surface area contributed by atoms with Crippen LogP contribution in [0.15, 0.2) is 42.6 Å². The van der Waals surface area contributed by atoms with Crippen LogP contribution in [0.2, 0.25) is 0 Å². The molecule has 6 nitrogen and oxygen atoms in total. The summed E-state index contributed by atoms with van der Waals surface area (Å²) in [6.07, 6.45) is 2.96. The summed E-state index contributed by atoms with van der Waals surface area (Å²) < 4.78 is 5.20. The Balaban J connectivity index is 1.31. The standard InChI is InChI=1S/C22H28N2O4/c1-28-19-5-2-15(3-6-19)8-22(27)9-16-12-24(13-17(16)10-22)14-21(26)20-7-4-18(25)11-23-20/h2-7,11,16-17,21,25-27H,8-10,12-14H2,1H3/t16-,17+,21?,22?. The topological polar surface area (TPSA) is 86.1 Å². The molecule has 2 aliphatic rings. The van der Waals surface area contributed by atoms with Crippen LogP contribution in [0.3, 0.4) is 0 Å². The summed E-state index contributed by atoms with van der Waals surface area (Å²) >= 11 is 0. The Bertz CT molecular complexity index is 779. The third-order valence-electron chi connectivity index (χ3n) is 6.17. The minimum absolute atomic E-state index is 0.0998. The molecule has 4 rings (SSSR count). The Labute approximate surface area is 165 Å². The number of aromatic nitrogens is 1. The van der Waals surface area contributed by atoms with Crippen molar-refractivity contribution in [1.82, 2.24) is 9.88 Å². The first-order chi connectivity index (χ1) is 13.4. The van der Waals surface area contributed by atoms with Crippen molar-refractivity contribution in [2.45, 2.75) is 31.0 Å². The molecule has 3 N–H and O–H groups in total. The van der Waals surface area contributed by atoms with Crippen molar-refractivity contribution in [3.8, 4) is 11.5 Å². The molecule has 6 heteroatoms. The van der Waals surface area contributed by atoms with Crippen LogP contribution in [-0.2, 0) is 6.42 Å². The number of β-amino-alcohol motifs (C(OH)–C–C–N with tert-alkyl or cyclic N) is 1. The number of aliphatic hydroxyl groups excluding tert-OH is 1. The van der Waals surface area contributed by atoms with Gasteiger partial charge < -0.3 is 20.1 Å². The zero-order chi connectivity index (χ0) is 19.7. The molecule has 4 atom stereocenters. The van der Waals surface area contributed by atoms with E-state index in [9.17, 15) is 15.3 Å². The summed E-state index contributed by atoms with van der Waals surface area (Å²) in [6.45, 7) is 2.32. The highest BCUT2D eigenvalue weighted by Gasteiger charge is 2.48. The van der Waals surface area contributed by atoms with E-state index in [0.29, 0.717) is 30.5 Å². The van der Waals surface area contributed by atoms with Gasteiger partial charge in [-0.3, -0.25) is 9.88 Å². The second kappa shape index (κ2) is 7.70. The van der Waals surface area contributed by atoms with E-state index in [2.05, 4.69) is 9.88 Å². The SMILES string of the molecule is COc1ccc(CC2(O)C[C@H]3CN(CC(O)c4ccc(O)cn4)C[C@H]3C2)cc1. The van der Waals surface area contributed by atoms with Gasteiger partial charge in [0.1, 0.15) is 17.6 Å². The van der Waals surface area contributed by atoms with Crippen LogP contribution in [0, 0.1) is 11.8 Å². The molecule has 2 aromatic rings. The van der Waals surface area contributed by atoms with Crippen molar-refractivity contribution in [3.05, 3.63) is 53.9 Å². The van der Waals surface area contributed by atoms with Gasteiger partial charge in [0, 0.05) is 26.1 Å². The lowest BCUT2D eigenvalue weighted by Gasteiger charge is -2.27. The van der Waals surface area contributed by atoms with Crippen LogP contribution >= 0.6 is 0 Å². The van der Waals surface area contributed by atoms with Gasteiger partial charge in [-0.2, -0.15) is 0 Å². The fourth-order valence-corrected chi connectivity index (χ4v) is 4.91. The normalized spacial score (nSPS) is 28.2. The van der Waals surface area contributed by atoms with E-state index >= 15 is 0 Å². The number of benzene rings is 1. The lowest BCUT2D eigenvalue weighted by Crippen LogP contribution is -2.33. The van der Waals surface area contributed by atoms with Crippen LogP contribution in [0.5, 0.6) is 11.5 Å². The number of hydrogen-bond acceptors (Lipinski definition) is 6. The largest absolute Gasteiger partial charge is 0.506 e. The first kappa shape index (κ1) is 19.2. The third kappa shape index (κ3) is 4.14. The highest BCUT2D eigenvalue weighted by molar-refractivity contribution is 5.28. The molecule has 2 fully saturated rings. The molecule has 2 unspecified atom stereocenters. The zero-order valence-corrected chi connectivity index (χ0v) is 16.2. The van der Waals surface area contributed by atoms with Crippen LogP contribution in [0.25, 0.3) is 0 Å². The summed E-state index contributed by atoms with van der Waals surface area (Å²) in [5.74, 6) is 1.85.